The lowest BCUT2D eigenvalue weighted by Gasteiger charge is -2.11. The van der Waals surface area contributed by atoms with E-state index >= 15 is 0 Å². The van der Waals surface area contributed by atoms with Crippen molar-refractivity contribution in [1.82, 2.24) is 4.98 Å². The van der Waals surface area contributed by atoms with Crippen molar-refractivity contribution in [3.63, 3.8) is 0 Å². The third kappa shape index (κ3) is 3.96. The van der Waals surface area contributed by atoms with Gasteiger partial charge in [-0.25, -0.2) is 4.98 Å². The summed E-state index contributed by atoms with van der Waals surface area (Å²) in [7, 11) is 0. The Bertz CT molecular complexity index is 966. The van der Waals surface area contributed by atoms with E-state index in [1.807, 2.05) is 0 Å². The third-order valence-electron chi connectivity index (χ3n) is 3.85. The quantitative estimate of drug-likeness (QED) is 0.688. The topological polar surface area (TPSA) is 59.4 Å². The summed E-state index contributed by atoms with van der Waals surface area (Å²) in [4.78, 5) is 14.4. The first kappa shape index (κ1) is 18.2. The molecule has 0 fully saturated rings. The summed E-state index contributed by atoms with van der Waals surface area (Å²) in [6, 6.07) is 7.59. The molecule has 0 saturated heterocycles. The van der Waals surface area contributed by atoms with Crippen molar-refractivity contribution in [2.45, 2.75) is 26.1 Å². The molecular formula is C18H14F3NO3S. The summed E-state index contributed by atoms with van der Waals surface area (Å²) in [6.45, 7) is 1.60. The number of rotatable bonds is 5. The van der Waals surface area contributed by atoms with Crippen LogP contribution in [0.15, 0.2) is 35.7 Å². The summed E-state index contributed by atoms with van der Waals surface area (Å²) in [5.74, 6) is -0.337. The first-order valence-electron chi connectivity index (χ1n) is 7.62. The van der Waals surface area contributed by atoms with Crippen LogP contribution in [0.25, 0.3) is 10.1 Å². The number of carbonyl (C=O) groups is 1. The first-order chi connectivity index (χ1) is 12.2. The molecule has 3 aromatic rings. The Morgan fingerprint density at radius 1 is 1.23 bits per heavy atom. The zero-order chi connectivity index (χ0) is 18.9. The molecule has 3 rings (SSSR count). The van der Waals surface area contributed by atoms with Crippen molar-refractivity contribution in [2.75, 3.05) is 0 Å². The average molecular weight is 381 g/mol. The molecule has 8 heteroatoms. The van der Waals surface area contributed by atoms with Crippen molar-refractivity contribution in [3.8, 4) is 5.75 Å². The minimum absolute atomic E-state index is 0.0450. The van der Waals surface area contributed by atoms with Gasteiger partial charge >= 0.3 is 12.1 Å². The number of fused-ring (bicyclic) bond motifs is 1. The van der Waals surface area contributed by atoms with Crippen LogP contribution in [0.3, 0.4) is 0 Å². The third-order valence-corrected chi connectivity index (χ3v) is 4.84. The van der Waals surface area contributed by atoms with Crippen molar-refractivity contribution in [1.29, 1.82) is 0 Å². The molecule has 0 aliphatic rings. The molecule has 2 aromatic heterocycles. The molecule has 0 amide bonds. The SMILES string of the molecule is Cc1nc(C(F)(F)F)ccc1COc1ccc2c(CC(=O)O)csc2c1. The molecular weight excluding hydrogens is 367 g/mol. The molecule has 0 radical (unpaired) electrons. The number of carboxylic acid groups (broad SMARTS) is 1. The molecule has 0 aliphatic carbocycles. The van der Waals surface area contributed by atoms with Crippen LogP contribution in [0.2, 0.25) is 0 Å². The number of hydrogen-bond donors (Lipinski definition) is 1. The van der Waals surface area contributed by atoms with Gasteiger partial charge < -0.3 is 9.84 Å². The number of aryl methyl sites for hydroxylation is 1. The van der Waals surface area contributed by atoms with Crippen molar-refractivity contribution >= 4 is 27.4 Å². The molecule has 0 bridgehead atoms. The van der Waals surface area contributed by atoms with Crippen LogP contribution in [0.4, 0.5) is 13.2 Å². The Kier molecular flexibility index (Phi) is 4.86. The highest BCUT2D eigenvalue weighted by Gasteiger charge is 2.32. The highest BCUT2D eigenvalue weighted by Crippen LogP contribution is 2.31. The fourth-order valence-electron chi connectivity index (χ4n) is 2.51. The highest BCUT2D eigenvalue weighted by atomic mass is 32.1. The first-order valence-corrected chi connectivity index (χ1v) is 8.50. The monoisotopic (exact) mass is 381 g/mol. The molecule has 1 aromatic carbocycles. The van der Waals surface area contributed by atoms with Crippen molar-refractivity contribution in [3.05, 3.63) is 58.2 Å². The number of ether oxygens (including phenoxy) is 1. The van der Waals surface area contributed by atoms with E-state index in [0.29, 0.717) is 11.3 Å². The van der Waals surface area contributed by atoms with E-state index < -0.39 is 17.8 Å². The standard InChI is InChI=1S/C18H14F3NO3S/c1-10-11(2-5-16(22-10)18(19,20)21)8-25-13-3-4-14-12(6-17(23)24)9-26-15(14)7-13/h2-5,7,9H,6,8H2,1H3,(H,23,24). The number of alkyl halides is 3. The van der Waals surface area contributed by atoms with Gasteiger partial charge in [0.1, 0.15) is 18.1 Å². The Labute approximate surface area is 150 Å². The molecule has 2 heterocycles. The smallest absolute Gasteiger partial charge is 0.433 e. The average Bonchev–Trinajstić information content (AvgIpc) is 2.94. The number of aliphatic carboxylic acids is 1. The van der Waals surface area contributed by atoms with Gasteiger partial charge in [0, 0.05) is 16.0 Å². The van der Waals surface area contributed by atoms with Gasteiger partial charge in [0.15, 0.2) is 0 Å². The van der Waals surface area contributed by atoms with Crippen LogP contribution in [-0.2, 0) is 24.0 Å². The van der Waals surface area contributed by atoms with E-state index in [4.69, 9.17) is 9.84 Å². The summed E-state index contributed by atoms with van der Waals surface area (Å²) in [5, 5.41) is 11.6. The van der Waals surface area contributed by atoms with Gasteiger partial charge in [0.2, 0.25) is 0 Å². The molecule has 0 atom stereocenters. The number of nitrogens with zero attached hydrogens (tertiary/aromatic N) is 1. The predicted molar refractivity (Wildman–Crippen MR) is 91.5 cm³/mol. The van der Waals surface area contributed by atoms with E-state index in [-0.39, 0.29) is 18.7 Å². The Hall–Kier alpha value is -2.61. The zero-order valence-electron chi connectivity index (χ0n) is 13.6. The van der Waals surface area contributed by atoms with Gasteiger partial charge in [-0.05, 0) is 47.5 Å². The van der Waals surface area contributed by atoms with E-state index in [1.165, 1.54) is 24.3 Å². The molecule has 0 aliphatic heterocycles. The maximum Gasteiger partial charge on any atom is 0.433 e. The minimum atomic E-state index is -4.47. The van der Waals surface area contributed by atoms with Crippen molar-refractivity contribution in [2.24, 2.45) is 0 Å². The fraction of sp³-hybridized carbons (Fsp3) is 0.222. The van der Waals surface area contributed by atoms with Crippen molar-refractivity contribution < 1.29 is 27.8 Å². The van der Waals surface area contributed by atoms with Crippen LogP contribution in [0.1, 0.15) is 22.5 Å². The molecule has 0 saturated carbocycles. The fourth-order valence-corrected chi connectivity index (χ4v) is 3.50. The lowest BCUT2D eigenvalue weighted by molar-refractivity contribution is -0.141. The maximum absolute atomic E-state index is 12.7. The van der Waals surface area contributed by atoms with Gasteiger partial charge in [-0.3, -0.25) is 4.79 Å². The second kappa shape index (κ2) is 6.95. The molecule has 0 unspecified atom stereocenters. The molecule has 0 spiro atoms. The van der Waals surface area contributed by atoms with Gasteiger partial charge in [0.25, 0.3) is 0 Å². The lowest BCUT2D eigenvalue weighted by atomic mass is 10.1. The molecule has 136 valence electrons. The van der Waals surface area contributed by atoms with Gasteiger partial charge in [0.05, 0.1) is 6.42 Å². The van der Waals surface area contributed by atoms with Crippen LogP contribution < -0.4 is 4.74 Å². The van der Waals surface area contributed by atoms with Crippen LogP contribution in [0.5, 0.6) is 5.75 Å². The van der Waals surface area contributed by atoms with Gasteiger partial charge in [-0.1, -0.05) is 6.07 Å². The molecule has 26 heavy (non-hydrogen) atoms. The summed E-state index contributed by atoms with van der Waals surface area (Å²) >= 11 is 1.42. The highest BCUT2D eigenvalue weighted by molar-refractivity contribution is 7.17. The second-order valence-corrected chi connectivity index (χ2v) is 6.63. The molecule has 4 nitrogen and oxygen atoms in total. The van der Waals surface area contributed by atoms with Gasteiger partial charge in [-0.15, -0.1) is 11.3 Å². The number of pyridine rings is 1. The number of benzene rings is 1. The number of thiophene rings is 1. The summed E-state index contributed by atoms with van der Waals surface area (Å²) in [5.41, 5.74) is 0.646. The maximum atomic E-state index is 12.7. The normalized spacial score (nSPS) is 11.7. The lowest BCUT2D eigenvalue weighted by Crippen LogP contribution is -2.10. The van der Waals surface area contributed by atoms with E-state index in [9.17, 15) is 18.0 Å². The Morgan fingerprint density at radius 3 is 2.65 bits per heavy atom. The van der Waals surface area contributed by atoms with E-state index in [1.54, 1.807) is 23.6 Å². The minimum Gasteiger partial charge on any atom is -0.489 e. The van der Waals surface area contributed by atoms with Crippen LogP contribution in [-0.4, -0.2) is 16.1 Å². The van der Waals surface area contributed by atoms with Crippen LogP contribution >= 0.6 is 11.3 Å². The Morgan fingerprint density at radius 2 is 2.00 bits per heavy atom. The molecule has 1 N–H and O–H groups in total. The van der Waals surface area contributed by atoms with E-state index in [2.05, 4.69) is 4.98 Å². The van der Waals surface area contributed by atoms with Gasteiger partial charge in [-0.2, -0.15) is 13.2 Å². The summed E-state index contributed by atoms with van der Waals surface area (Å²) in [6.07, 6.45) is -4.52. The predicted octanol–water partition coefficient (Wildman–Crippen LogP) is 4.83. The number of aromatic nitrogens is 1. The van der Waals surface area contributed by atoms with E-state index in [0.717, 1.165) is 21.7 Å². The number of hydrogen-bond acceptors (Lipinski definition) is 4. The second-order valence-electron chi connectivity index (χ2n) is 5.72. The zero-order valence-corrected chi connectivity index (χ0v) is 14.4. The summed E-state index contributed by atoms with van der Waals surface area (Å²) < 4.78 is 44.5. The Balaban J connectivity index is 1.75. The number of halogens is 3. The number of carboxylic acids is 1. The van der Waals surface area contributed by atoms with Crippen LogP contribution in [0, 0.1) is 6.92 Å². The largest absolute Gasteiger partial charge is 0.489 e.